The summed E-state index contributed by atoms with van der Waals surface area (Å²) in [5.41, 5.74) is 5.11. The van der Waals surface area contributed by atoms with Crippen LogP contribution in [0.2, 0.25) is 0 Å². The summed E-state index contributed by atoms with van der Waals surface area (Å²) in [7, 11) is 0. The number of urea groups is 1. The number of imide groups is 1. The van der Waals surface area contributed by atoms with Gasteiger partial charge in [0.2, 0.25) is 11.9 Å². The molecule has 57 heavy (non-hydrogen) atoms. The van der Waals surface area contributed by atoms with Crippen molar-refractivity contribution in [2.75, 3.05) is 79.8 Å². The number of carbonyl (C=O) groups excluding carboxylic acids is 3. The summed E-state index contributed by atoms with van der Waals surface area (Å²) in [6, 6.07) is 19.1. The smallest absolute Gasteiger partial charge is 0.328 e. The molecule has 5 aromatic rings. The molecule has 4 amide bonds. The number of aromatic nitrogens is 5. The van der Waals surface area contributed by atoms with E-state index in [0.717, 1.165) is 91.7 Å². The standard InChI is InChI=1S/C40H45N13O3S/c1-2-57-51-26-40(27-51,14-15-41)53-25-29(24-44-53)35-33-12-17-42-36(33)48-38(47-35)45-30-6-4-28(5-7-30)37(55)43-16-3-18-49-20-22-50(23-21-49)31-8-10-32(11-9-31)52-19-13-34(54)46-39(52)56/h4-12,17,24-25H,2-3,13-14,16,18-23,26-27H2,1H3,(H,43,55)(H,46,54,56)(H2,42,45,47,48). The third kappa shape index (κ3) is 8.29. The van der Waals surface area contributed by atoms with Crippen molar-refractivity contribution in [3.63, 3.8) is 0 Å². The van der Waals surface area contributed by atoms with E-state index < -0.39 is 0 Å². The van der Waals surface area contributed by atoms with E-state index in [1.165, 1.54) is 0 Å². The summed E-state index contributed by atoms with van der Waals surface area (Å²) in [4.78, 5) is 55.7. The molecule has 0 aliphatic carbocycles. The highest BCUT2D eigenvalue weighted by atomic mass is 32.2. The van der Waals surface area contributed by atoms with Gasteiger partial charge >= 0.3 is 6.03 Å². The highest BCUT2D eigenvalue weighted by molar-refractivity contribution is 7.97. The molecule has 6 heterocycles. The molecule has 0 unspecified atom stereocenters. The van der Waals surface area contributed by atoms with Crippen LogP contribution in [0.3, 0.4) is 0 Å². The minimum Gasteiger partial charge on any atom is -0.369 e. The van der Waals surface area contributed by atoms with Crippen LogP contribution in [0.25, 0.3) is 22.3 Å². The molecule has 0 bridgehead atoms. The number of piperazine rings is 1. The van der Waals surface area contributed by atoms with Crippen LogP contribution in [0, 0.1) is 11.3 Å². The lowest BCUT2D eigenvalue weighted by molar-refractivity contribution is -0.120. The number of nitriles is 1. The lowest BCUT2D eigenvalue weighted by atomic mass is 9.89. The van der Waals surface area contributed by atoms with Gasteiger partial charge in [0.1, 0.15) is 11.2 Å². The normalized spacial score (nSPS) is 17.3. The van der Waals surface area contributed by atoms with Crippen molar-refractivity contribution < 1.29 is 14.4 Å². The van der Waals surface area contributed by atoms with E-state index in [0.29, 0.717) is 43.1 Å². The van der Waals surface area contributed by atoms with Crippen molar-refractivity contribution in [1.29, 1.82) is 5.26 Å². The van der Waals surface area contributed by atoms with E-state index in [-0.39, 0.29) is 23.4 Å². The van der Waals surface area contributed by atoms with Crippen molar-refractivity contribution in [2.24, 2.45) is 0 Å². The minimum absolute atomic E-state index is 0.121. The maximum atomic E-state index is 13.0. The van der Waals surface area contributed by atoms with Gasteiger partial charge < -0.3 is 20.5 Å². The van der Waals surface area contributed by atoms with Gasteiger partial charge in [-0.2, -0.15) is 15.3 Å². The highest BCUT2D eigenvalue weighted by Crippen LogP contribution is 2.38. The van der Waals surface area contributed by atoms with Crippen LogP contribution < -0.4 is 25.8 Å². The van der Waals surface area contributed by atoms with Gasteiger partial charge in [-0.3, -0.25) is 29.4 Å². The third-order valence-corrected chi connectivity index (χ3v) is 11.6. The van der Waals surface area contributed by atoms with Crippen molar-refractivity contribution in [3.05, 3.63) is 78.8 Å². The summed E-state index contributed by atoms with van der Waals surface area (Å²) in [5.74, 6) is 1.04. The monoisotopic (exact) mass is 787 g/mol. The zero-order valence-corrected chi connectivity index (χ0v) is 32.6. The van der Waals surface area contributed by atoms with Crippen LogP contribution in [0.1, 0.15) is 36.5 Å². The first kappa shape index (κ1) is 37.9. The fourth-order valence-electron chi connectivity index (χ4n) is 7.61. The molecular weight excluding hydrogens is 743 g/mol. The summed E-state index contributed by atoms with van der Waals surface area (Å²) >= 11 is 1.78. The van der Waals surface area contributed by atoms with Gasteiger partial charge in [0, 0.05) is 111 Å². The number of H-pyrrole nitrogens is 1. The molecule has 2 aromatic carbocycles. The third-order valence-electron chi connectivity index (χ3n) is 10.7. The number of amides is 4. The van der Waals surface area contributed by atoms with Crippen LogP contribution in [0.4, 0.5) is 27.8 Å². The lowest BCUT2D eigenvalue weighted by Crippen LogP contribution is -2.60. The number of nitrogens with zero attached hydrogens (tertiary/aromatic N) is 9. The number of hydrogen-bond donors (Lipinski definition) is 4. The van der Waals surface area contributed by atoms with E-state index >= 15 is 0 Å². The van der Waals surface area contributed by atoms with Gasteiger partial charge in [-0.1, -0.05) is 18.9 Å². The number of anilines is 4. The second kappa shape index (κ2) is 16.6. The van der Waals surface area contributed by atoms with E-state index in [2.05, 4.69) is 53.0 Å². The quantitative estimate of drug-likeness (QED) is 0.0912. The Labute approximate surface area is 334 Å². The predicted octanol–water partition coefficient (Wildman–Crippen LogP) is 4.55. The topological polar surface area (TPSA) is 183 Å². The summed E-state index contributed by atoms with van der Waals surface area (Å²) < 4.78 is 4.19. The van der Waals surface area contributed by atoms with Crippen molar-refractivity contribution >= 4 is 63.8 Å². The first-order valence-corrected chi connectivity index (χ1v) is 20.2. The summed E-state index contributed by atoms with van der Waals surface area (Å²) in [6.45, 7) is 9.13. The molecule has 3 aliphatic rings. The van der Waals surface area contributed by atoms with Gasteiger partial charge in [0.05, 0.1) is 24.4 Å². The summed E-state index contributed by atoms with van der Waals surface area (Å²) in [5, 5.41) is 23.9. The zero-order valence-electron chi connectivity index (χ0n) is 31.8. The molecule has 0 saturated carbocycles. The van der Waals surface area contributed by atoms with Gasteiger partial charge in [-0.25, -0.2) is 14.1 Å². The second-order valence-electron chi connectivity index (χ2n) is 14.5. The van der Waals surface area contributed by atoms with Gasteiger partial charge in [0.25, 0.3) is 5.91 Å². The minimum atomic E-state index is -0.377. The van der Waals surface area contributed by atoms with Crippen molar-refractivity contribution in [2.45, 2.75) is 31.7 Å². The van der Waals surface area contributed by atoms with Crippen LogP contribution in [-0.2, 0) is 10.3 Å². The Morgan fingerprint density at radius 3 is 2.49 bits per heavy atom. The molecule has 0 atom stereocenters. The molecule has 294 valence electrons. The molecule has 4 N–H and O–H groups in total. The number of benzene rings is 2. The Bertz CT molecular complexity index is 2270. The molecule has 0 spiro atoms. The lowest BCUT2D eigenvalue weighted by Gasteiger charge is -2.48. The first-order valence-electron chi connectivity index (χ1n) is 19.3. The van der Waals surface area contributed by atoms with Crippen LogP contribution in [0.15, 0.2) is 73.2 Å². The number of hydrogen-bond acceptors (Lipinski definition) is 12. The number of nitrogens with one attached hydrogen (secondary N) is 4. The summed E-state index contributed by atoms with van der Waals surface area (Å²) in [6.07, 6.45) is 7.14. The fraction of sp³-hybridized carbons (Fsp3) is 0.375. The van der Waals surface area contributed by atoms with E-state index in [4.69, 9.17) is 10.1 Å². The number of fused-ring (bicyclic) bond motifs is 1. The fourth-order valence-corrected chi connectivity index (χ4v) is 8.64. The van der Waals surface area contributed by atoms with Crippen molar-refractivity contribution in [3.8, 4) is 17.3 Å². The Morgan fingerprint density at radius 2 is 1.75 bits per heavy atom. The molecule has 3 fully saturated rings. The predicted molar refractivity (Wildman–Crippen MR) is 220 cm³/mol. The molecule has 8 rings (SSSR count). The van der Waals surface area contributed by atoms with Crippen molar-refractivity contribution in [1.82, 2.24) is 44.6 Å². The molecule has 3 aromatic heterocycles. The SMILES string of the molecule is CCSN1CC(CC#N)(n2cc(-c3nc(Nc4ccc(C(=O)NCCCN5CCN(c6ccc(N7CCC(=O)NC7=O)cc6)CC5)cc4)nc4[nH]ccc34)cn2)C1. The average Bonchev–Trinajstić information content (AvgIpc) is 3.90. The molecule has 0 radical (unpaired) electrons. The van der Waals surface area contributed by atoms with E-state index in [1.807, 2.05) is 59.5 Å². The van der Waals surface area contributed by atoms with Crippen LogP contribution in [0.5, 0.6) is 0 Å². The average molecular weight is 788 g/mol. The van der Waals surface area contributed by atoms with E-state index in [1.54, 1.807) is 35.2 Å². The molecule has 3 saturated heterocycles. The van der Waals surface area contributed by atoms with Gasteiger partial charge in [0.15, 0.2) is 0 Å². The highest BCUT2D eigenvalue weighted by Gasteiger charge is 2.45. The number of aromatic amines is 1. The Morgan fingerprint density at radius 1 is 0.982 bits per heavy atom. The largest absolute Gasteiger partial charge is 0.369 e. The Balaban J connectivity index is 0.803. The zero-order chi connectivity index (χ0) is 39.4. The Hall–Kier alpha value is -5.96. The Kier molecular flexibility index (Phi) is 11.1. The molecular formula is C40H45N13O3S. The number of rotatable bonds is 14. The molecule has 16 nitrogen and oxygen atoms in total. The van der Waals surface area contributed by atoms with Gasteiger partial charge in [-0.05, 0) is 67.6 Å². The first-order chi connectivity index (χ1) is 27.8. The second-order valence-corrected chi connectivity index (χ2v) is 15.8. The molecule has 3 aliphatic heterocycles. The maximum Gasteiger partial charge on any atom is 0.328 e. The number of carbonyl (C=O) groups is 3. The van der Waals surface area contributed by atoms with Crippen LogP contribution >= 0.6 is 11.9 Å². The maximum absolute atomic E-state index is 13.0. The van der Waals surface area contributed by atoms with Gasteiger partial charge in [-0.15, -0.1) is 0 Å². The van der Waals surface area contributed by atoms with E-state index in [9.17, 15) is 19.6 Å². The molecule has 17 heteroatoms. The van der Waals surface area contributed by atoms with Crippen LogP contribution in [-0.4, -0.2) is 116 Å².